The standard InChI is InChI=1S/C18H21BrN2O/c1-12(16-3-2-8-20-11-16)21-18(22)15-5-4-14-10-17(19)7-6-13(14)9-15/h4-7,9-10,12,16,20H,2-3,8,11H2,1H3,(H,21,22). The van der Waals surface area contributed by atoms with Gasteiger partial charge in [0.1, 0.15) is 0 Å². The minimum absolute atomic E-state index is 0.0166. The van der Waals surface area contributed by atoms with Crippen LogP contribution in [0.15, 0.2) is 40.9 Å². The highest BCUT2D eigenvalue weighted by Crippen LogP contribution is 2.21. The second-order valence-corrected chi connectivity index (χ2v) is 6.99. The van der Waals surface area contributed by atoms with Crippen LogP contribution in [-0.2, 0) is 0 Å². The second kappa shape index (κ2) is 6.80. The van der Waals surface area contributed by atoms with Gasteiger partial charge in [-0.15, -0.1) is 0 Å². The van der Waals surface area contributed by atoms with Crippen LogP contribution in [0.3, 0.4) is 0 Å². The van der Waals surface area contributed by atoms with Crippen molar-refractivity contribution in [3.63, 3.8) is 0 Å². The molecule has 1 fully saturated rings. The summed E-state index contributed by atoms with van der Waals surface area (Å²) in [6, 6.07) is 12.2. The molecule has 3 rings (SSSR count). The van der Waals surface area contributed by atoms with Gasteiger partial charge in [0.05, 0.1) is 0 Å². The van der Waals surface area contributed by atoms with Crippen LogP contribution in [0.5, 0.6) is 0 Å². The van der Waals surface area contributed by atoms with Crippen molar-refractivity contribution >= 4 is 32.6 Å². The van der Waals surface area contributed by atoms with Crippen LogP contribution in [0.1, 0.15) is 30.1 Å². The molecule has 3 nitrogen and oxygen atoms in total. The highest BCUT2D eigenvalue weighted by molar-refractivity contribution is 9.10. The Morgan fingerprint density at radius 1 is 1.27 bits per heavy atom. The quantitative estimate of drug-likeness (QED) is 0.875. The van der Waals surface area contributed by atoms with Gasteiger partial charge < -0.3 is 10.6 Å². The van der Waals surface area contributed by atoms with Gasteiger partial charge in [0.2, 0.25) is 0 Å². The van der Waals surface area contributed by atoms with Gasteiger partial charge in [-0.05, 0) is 73.8 Å². The number of rotatable bonds is 3. The average molecular weight is 361 g/mol. The molecule has 1 saturated heterocycles. The summed E-state index contributed by atoms with van der Waals surface area (Å²) in [6.45, 7) is 4.19. The second-order valence-electron chi connectivity index (χ2n) is 6.07. The number of fused-ring (bicyclic) bond motifs is 1. The van der Waals surface area contributed by atoms with Crippen molar-refractivity contribution in [1.82, 2.24) is 10.6 Å². The lowest BCUT2D eigenvalue weighted by molar-refractivity contribution is 0.0922. The fourth-order valence-corrected chi connectivity index (χ4v) is 3.45. The third-order valence-electron chi connectivity index (χ3n) is 4.47. The van der Waals surface area contributed by atoms with Crippen molar-refractivity contribution in [2.75, 3.05) is 13.1 Å². The maximum absolute atomic E-state index is 12.5. The van der Waals surface area contributed by atoms with Crippen molar-refractivity contribution in [2.45, 2.75) is 25.8 Å². The normalized spacial score (nSPS) is 19.8. The van der Waals surface area contributed by atoms with Gasteiger partial charge in [0, 0.05) is 16.1 Å². The molecule has 2 atom stereocenters. The van der Waals surface area contributed by atoms with Crippen molar-refractivity contribution in [3.05, 3.63) is 46.4 Å². The van der Waals surface area contributed by atoms with E-state index in [2.05, 4.69) is 39.6 Å². The van der Waals surface area contributed by atoms with Crippen molar-refractivity contribution in [3.8, 4) is 0 Å². The van der Waals surface area contributed by atoms with Crippen molar-refractivity contribution in [1.29, 1.82) is 0 Å². The molecule has 0 aromatic heterocycles. The summed E-state index contributed by atoms with van der Waals surface area (Å²) in [6.07, 6.45) is 2.37. The molecular formula is C18H21BrN2O. The van der Waals surface area contributed by atoms with E-state index in [9.17, 15) is 4.79 Å². The van der Waals surface area contributed by atoms with E-state index in [1.807, 2.05) is 30.3 Å². The first kappa shape index (κ1) is 15.5. The van der Waals surface area contributed by atoms with Gasteiger partial charge in [-0.2, -0.15) is 0 Å². The van der Waals surface area contributed by atoms with E-state index in [1.165, 1.54) is 12.8 Å². The third-order valence-corrected chi connectivity index (χ3v) is 4.96. The van der Waals surface area contributed by atoms with Crippen LogP contribution in [0, 0.1) is 5.92 Å². The van der Waals surface area contributed by atoms with E-state index in [-0.39, 0.29) is 11.9 Å². The molecule has 0 radical (unpaired) electrons. The van der Waals surface area contributed by atoms with E-state index in [4.69, 9.17) is 0 Å². The summed E-state index contributed by atoms with van der Waals surface area (Å²) in [5.74, 6) is 0.539. The largest absolute Gasteiger partial charge is 0.349 e. The summed E-state index contributed by atoms with van der Waals surface area (Å²) in [5, 5.41) is 8.78. The smallest absolute Gasteiger partial charge is 0.251 e. The minimum atomic E-state index is 0.0166. The van der Waals surface area contributed by atoms with Gasteiger partial charge in [0.25, 0.3) is 5.91 Å². The van der Waals surface area contributed by atoms with Gasteiger partial charge in [-0.3, -0.25) is 4.79 Å². The Kier molecular flexibility index (Phi) is 4.79. The third kappa shape index (κ3) is 3.50. The molecule has 0 bridgehead atoms. The van der Waals surface area contributed by atoms with Crippen LogP contribution in [-0.4, -0.2) is 25.0 Å². The van der Waals surface area contributed by atoms with Crippen molar-refractivity contribution < 1.29 is 4.79 Å². The highest BCUT2D eigenvalue weighted by atomic mass is 79.9. The minimum Gasteiger partial charge on any atom is -0.349 e. The molecule has 1 aliphatic heterocycles. The summed E-state index contributed by atoms with van der Waals surface area (Å²) in [5.41, 5.74) is 0.727. The molecule has 2 N–H and O–H groups in total. The van der Waals surface area contributed by atoms with E-state index >= 15 is 0 Å². The lowest BCUT2D eigenvalue weighted by Crippen LogP contribution is -2.44. The first-order valence-electron chi connectivity index (χ1n) is 7.84. The van der Waals surface area contributed by atoms with Gasteiger partial charge in [-0.1, -0.05) is 28.1 Å². The zero-order chi connectivity index (χ0) is 15.5. The molecule has 1 heterocycles. The Morgan fingerprint density at radius 3 is 2.82 bits per heavy atom. The molecule has 22 heavy (non-hydrogen) atoms. The SMILES string of the molecule is CC(NC(=O)c1ccc2cc(Br)ccc2c1)C1CCCNC1. The summed E-state index contributed by atoms with van der Waals surface area (Å²) in [7, 11) is 0. The van der Waals surface area contributed by atoms with Crippen LogP contribution < -0.4 is 10.6 Å². The van der Waals surface area contributed by atoms with E-state index in [0.717, 1.165) is 33.9 Å². The van der Waals surface area contributed by atoms with Crippen LogP contribution in [0.25, 0.3) is 10.8 Å². The topological polar surface area (TPSA) is 41.1 Å². The molecule has 1 amide bonds. The molecule has 2 aromatic carbocycles. The Bertz CT molecular complexity index is 680. The molecule has 4 heteroatoms. The number of piperidine rings is 1. The van der Waals surface area contributed by atoms with Crippen LogP contribution >= 0.6 is 15.9 Å². The molecule has 0 saturated carbocycles. The fourth-order valence-electron chi connectivity index (χ4n) is 3.07. The summed E-state index contributed by atoms with van der Waals surface area (Å²) in [4.78, 5) is 12.5. The maximum atomic E-state index is 12.5. The first-order chi connectivity index (χ1) is 10.6. The maximum Gasteiger partial charge on any atom is 0.251 e. The number of hydrogen-bond acceptors (Lipinski definition) is 2. The van der Waals surface area contributed by atoms with Crippen molar-refractivity contribution in [2.24, 2.45) is 5.92 Å². The molecule has 0 aliphatic carbocycles. The summed E-state index contributed by atoms with van der Waals surface area (Å²) >= 11 is 3.47. The van der Waals surface area contributed by atoms with E-state index in [0.29, 0.717) is 5.92 Å². The Labute approximate surface area is 139 Å². The number of carbonyl (C=O) groups excluding carboxylic acids is 1. The molecule has 116 valence electrons. The number of nitrogens with one attached hydrogen (secondary N) is 2. The van der Waals surface area contributed by atoms with E-state index in [1.54, 1.807) is 0 Å². The Hall–Kier alpha value is -1.39. The monoisotopic (exact) mass is 360 g/mol. The lowest BCUT2D eigenvalue weighted by atomic mass is 9.92. The molecule has 2 aromatic rings. The van der Waals surface area contributed by atoms with Crippen LogP contribution in [0.4, 0.5) is 0 Å². The Morgan fingerprint density at radius 2 is 2.05 bits per heavy atom. The predicted octanol–water partition coefficient (Wildman–Crippen LogP) is 3.72. The Balaban J connectivity index is 1.72. The zero-order valence-corrected chi connectivity index (χ0v) is 14.3. The van der Waals surface area contributed by atoms with E-state index < -0.39 is 0 Å². The number of hydrogen-bond donors (Lipinski definition) is 2. The predicted molar refractivity (Wildman–Crippen MR) is 94.2 cm³/mol. The number of amides is 1. The molecule has 1 aliphatic rings. The summed E-state index contributed by atoms with van der Waals surface area (Å²) < 4.78 is 1.05. The average Bonchev–Trinajstić information content (AvgIpc) is 2.55. The van der Waals surface area contributed by atoms with Gasteiger partial charge in [-0.25, -0.2) is 0 Å². The molecule has 0 spiro atoms. The zero-order valence-electron chi connectivity index (χ0n) is 12.7. The highest BCUT2D eigenvalue weighted by Gasteiger charge is 2.21. The fraction of sp³-hybridized carbons (Fsp3) is 0.389. The number of carbonyl (C=O) groups is 1. The van der Waals surface area contributed by atoms with Gasteiger partial charge in [0.15, 0.2) is 0 Å². The van der Waals surface area contributed by atoms with Crippen LogP contribution in [0.2, 0.25) is 0 Å². The first-order valence-corrected chi connectivity index (χ1v) is 8.64. The molecular weight excluding hydrogens is 340 g/mol. The number of halogens is 1. The van der Waals surface area contributed by atoms with Gasteiger partial charge >= 0.3 is 0 Å². The lowest BCUT2D eigenvalue weighted by Gasteiger charge is -2.29. The number of benzene rings is 2. The molecule has 2 unspecified atom stereocenters.